The van der Waals surface area contributed by atoms with Crippen LogP contribution in [0.3, 0.4) is 0 Å². The van der Waals surface area contributed by atoms with Gasteiger partial charge in [-0.25, -0.2) is 4.68 Å². The third-order valence-electron chi connectivity index (χ3n) is 2.77. The molecule has 18 heavy (non-hydrogen) atoms. The molecule has 0 amide bonds. The molecule has 2 rings (SSSR count). The maximum Gasteiger partial charge on any atom is 0.0821 e. The molecule has 0 fully saturated rings. The van der Waals surface area contributed by atoms with E-state index >= 15 is 0 Å². The van der Waals surface area contributed by atoms with E-state index < -0.39 is 0 Å². The van der Waals surface area contributed by atoms with Crippen LogP contribution >= 0.6 is 0 Å². The Labute approximate surface area is 107 Å². The second-order valence-electron chi connectivity index (χ2n) is 4.17. The molecular weight excluding hydrogens is 226 g/mol. The van der Waals surface area contributed by atoms with Crippen LogP contribution in [0.25, 0.3) is 5.69 Å². The zero-order valence-electron chi connectivity index (χ0n) is 10.4. The Balaban J connectivity index is 2.10. The van der Waals surface area contributed by atoms with E-state index in [1.54, 1.807) is 6.20 Å². The average molecular weight is 243 g/mol. The molecule has 0 aliphatic heterocycles. The summed E-state index contributed by atoms with van der Waals surface area (Å²) in [4.78, 5) is 0. The second-order valence-corrected chi connectivity index (χ2v) is 4.17. The Hall–Kier alpha value is -2.07. The van der Waals surface area contributed by atoms with Gasteiger partial charge in [-0.15, -0.1) is 0 Å². The SMILES string of the molecule is C=C(CO)NC(C)c1ccc(-n2cccn2)cc1. The number of aliphatic hydroxyl groups excluding tert-OH is 1. The van der Waals surface area contributed by atoms with Gasteiger partial charge in [0, 0.05) is 24.1 Å². The van der Waals surface area contributed by atoms with Crippen molar-refractivity contribution in [1.29, 1.82) is 0 Å². The number of aromatic nitrogens is 2. The van der Waals surface area contributed by atoms with Crippen LogP contribution in [0.1, 0.15) is 18.5 Å². The largest absolute Gasteiger partial charge is 0.390 e. The Kier molecular flexibility index (Phi) is 3.79. The van der Waals surface area contributed by atoms with E-state index in [0.29, 0.717) is 5.70 Å². The quantitative estimate of drug-likeness (QED) is 0.844. The zero-order chi connectivity index (χ0) is 13.0. The van der Waals surface area contributed by atoms with Crippen molar-refractivity contribution < 1.29 is 5.11 Å². The number of hydrogen-bond donors (Lipinski definition) is 2. The highest BCUT2D eigenvalue weighted by Crippen LogP contribution is 2.16. The molecule has 4 heteroatoms. The van der Waals surface area contributed by atoms with Gasteiger partial charge in [0.25, 0.3) is 0 Å². The molecule has 1 heterocycles. The lowest BCUT2D eigenvalue weighted by molar-refractivity contribution is 0.318. The topological polar surface area (TPSA) is 50.1 Å². The predicted octanol–water partition coefficient (Wildman–Crippen LogP) is 2.03. The van der Waals surface area contributed by atoms with Crippen LogP contribution in [0.5, 0.6) is 0 Å². The molecule has 0 bridgehead atoms. The summed E-state index contributed by atoms with van der Waals surface area (Å²) in [5.41, 5.74) is 2.79. The molecule has 1 unspecified atom stereocenters. The van der Waals surface area contributed by atoms with E-state index in [4.69, 9.17) is 5.11 Å². The van der Waals surface area contributed by atoms with Crippen LogP contribution < -0.4 is 5.32 Å². The minimum atomic E-state index is -0.0459. The van der Waals surface area contributed by atoms with Crippen LogP contribution in [0.4, 0.5) is 0 Å². The summed E-state index contributed by atoms with van der Waals surface area (Å²) in [5.74, 6) is 0. The molecule has 1 atom stereocenters. The molecule has 0 saturated heterocycles. The Morgan fingerprint density at radius 2 is 2.17 bits per heavy atom. The lowest BCUT2D eigenvalue weighted by Crippen LogP contribution is -2.19. The average Bonchev–Trinajstić information content (AvgIpc) is 2.92. The Morgan fingerprint density at radius 1 is 1.44 bits per heavy atom. The summed E-state index contributed by atoms with van der Waals surface area (Å²) in [6, 6.07) is 10.1. The highest BCUT2D eigenvalue weighted by molar-refractivity contribution is 5.35. The van der Waals surface area contributed by atoms with Gasteiger partial charge in [0.1, 0.15) is 0 Å². The van der Waals surface area contributed by atoms with Gasteiger partial charge in [-0.2, -0.15) is 5.10 Å². The molecule has 1 aromatic carbocycles. The number of nitrogens with zero attached hydrogens (tertiary/aromatic N) is 2. The van der Waals surface area contributed by atoms with E-state index in [-0.39, 0.29) is 12.6 Å². The summed E-state index contributed by atoms with van der Waals surface area (Å²) in [5, 5.41) is 16.2. The van der Waals surface area contributed by atoms with E-state index in [2.05, 4.69) is 17.0 Å². The van der Waals surface area contributed by atoms with E-state index in [9.17, 15) is 0 Å². The van der Waals surface area contributed by atoms with Crippen LogP contribution in [-0.2, 0) is 0 Å². The lowest BCUT2D eigenvalue weighted by atomic mass is 10.1. The second kappa shape index (κ2) is 5.51. The van der Waals surface area contributed by atoms with Crippen molar-refractivity contribution in [3.8, 4) is 5.69 Å². The van der Waals surface area contributed by atoms with Crippen molar-refractivity contribution in [3.63, 3.8) is 0 Å². The molecule has 1 aromatic heterocycles. The Bertz CT molecular complexity index is 502. The fourth-order valence-electron chi connectivity index (χ4n) is 1.77. The molecule has 94 valence electrons. The molecule has 0 radical (unpaired) electrons. The maximum absolute atomic E-state index is 8.93. The number of aliphatic hydroxyl groups is 1. The van der Waals surface area contributed by atoms with Gasteiger partial charge < -0.3 is 10.4 Å². The van der Waals surface area contributed by atoms with E-state index in [1.807, 2.05) is 48.1 Å². The number of nitrogens with one attached hydrogen (secondary N) is 1. The fourth-order valence-corrected chi connectivity index (χ4v) is 1.77. The van der Waals surface area contributed by atoms with Crippen LogP contribution in [-0.4, -0.2) is 21.5 Å². The Morgan fingerprint density at radius 3 is 2.72 bits per heavy atom. The van der Waals surface area contributed by atoms with Crippen molar-refractivity contribution in [3.05, 3.63) is 60.6 Å². The molecule has 0 spiro atoms. The minimum Gasteiger partial charge on any atom is -0.390 e. The lowest BCUT2D eigenvalue weighted by Gasteiger charge is -2.16. The predicted molar refractivity (Wildman–Crippen MR) is 71.3 cm³/mol. The summed E-state index contributed by atoms with van der Waals surface area (Å²) in [7, 11) is 0. The summed E-state index contributed by atoms with van der Waals surface area (Å²) in [6.45, 7) is 5.71. The molecule has 2 N–H and O–H groups in total. The van der Waals surface area contributed by atoms with Crippen molar-refractivity contribution in [2.45, 2.75) is 13.0 Å². The van der Waals surface area contributed by atoms with Gasteiger partial charge in [0.15, 0.2) is 0 Å². The number of rotatable bonds is 5. The van der Waals surface area contributed by atoms with Gasteiger partial charge in [-0.1, -0.05) is 18.7 Å². The first kappa shape index (κ1) is 12.4. The van der Waals surface area contributed by atoms with Crippen molar-refractivity contribution in [1.82, 2.24) is 15.1 Å². The molecule has 0 aliphatic rings. The fraction of sp³-hybridized carbons (Fsp3) is 0.214. The summed E-state index contributed by atoms with van der Waals surface area (Å²) < 4.78 is 1.81. The molecule has 4 nitrogen and oxygen atoms in total. The van der Waals surface area contributed by atoms with Gasteiger partial charge in [0.2, 0.25) is 0 Å². The van der Waals surface area contributed by atoms with Gasteiger partial charge in [-0.3, -0.25) is 0 Å². The standard InChI is InChI=1S/C14H17N3O/c1-11(10-18)16-12(2)13-4-6-14(7-5-13)17-9-3-8-15-17/h3-9,12,16,18H,1,10H2,2H3. The highest BCUT2D eigenvalue weighted by atomic mass is 16.3. The summed E-state index contributed by atoms with van der Waals surface area (Å²) in [6.07, 6.45) is 3.66. The molecular formula is C14H17N3O. The van der Waals surface area contributed by atoms with Gasteiger partial charge >= 0.3 is 0 Å². The third kappa shape index (κ3) is 2.78. The van der Waals surface area contributed by atoms with E-state index in [0.717, 1.165) is 11.3 Å². The number of hydrogen-bond acceptors (Lipinski definition) is 3. The van der Waals surface area contributed by atoms with Crippen molar-refractivity contribution >= 4 is 0 Å². The smallest absolute Gasteiger partial charge is 0.0821 e. The molecule has 0 saturated carbocycles. The first-order chi connectivity index (χ1) is 8.70. The van der Waals surface area contributed by atoms with Gasteiger partial charge in [0.05, 0.1) is 12.3 Å². The van der Waals surface area contributed by atoms with Crippen LogP contribution in [0.2, 0.25) is 0 Å². The first-order valence-corrected chi connectivity index (χ1v) is 5.86. The van der Waals surface area contributed by atoms with Gasteiger partial charge in [-0.05, 0) is 30.7 Å². The maximum atomic E-state index is 8.93. The minimum absolute atomic E-state index is 0.0459. The van der Waals surface area contributed by atoms with E-state index in [1.165, 1.54) is 0 Å². The molecule has 2 aromatic rings. The van der Waals surface area contributed by atoms with Crippen LogP contribution in [0.15, 0.2) is 55.0 Å². The zero-order valence-corrected chi connectivity index (χ0v) is 10.4. The third-order valence-corrected chi connectivity index (χ3v) is 2.77. The highest BCUT2D eigenvalue weighted by Gasteiger charge is 2.05. The van der Waals surface area contributed by atoms with Crippen LogP contribution in [0, 0.1) is 0 Å². The first-order valence-electron chi connectivity index (χ1n) is 5.86. The monoisotopic (exact) mass is 243 g/mol. The van der Waals surface area contributed by atoms with Crippen molar-refractivity contribution in [2.24, 2.45) is 0 Å². The molecule has 0 aliphatic carbocycles. The normalized spacial score (nSPS) is 12.1. The summed E-state index contributed by atoms with van der Waals surface area (Å²) >= 11 is 0. The number of benzene rings is 1. The van der Waals surface area contributed by atoms with Crippen molar-refractivity contribution in [2.75, 3.05) is 6.61 Å².